The molecule has 0 fully saturated rings. The third-order valence-electron chi connectivity index (χ3n) is 5.65. The Kier molecular flexibility index (Phi) is 3.68. The van der Waals surface area contributed by atoms with E-state index in [-0.39, 0.29) is 10.6 Å². The van der Waals surface area contributed by atoms with Gasteiger partial charge in [-0.25, -0.2) is 4.21 Å². The van der Waals surface area contributed by atoms with Gasteiger partial charge in [0.1, 0.15) is 0 Å². The Morgan fingerprint density at radius 1 is 0.667 bits per heavy atom. The standard InChI is InChI=1S/C19H21NO3S/c1-8-9(2)13(6)18-15(10(8)3)16-11(4)12(5)17(20(21)22)14(7)19(16)24(18)23/h1-7H3. The third kappa shape index (κ3) is 1.88. The van der Waals surface area contributed by atoms with Crippen molar-refractivity contribution in [2.24, 2.45) is 0 Å². The normalized spacial score (nSPS) is 15.4. The molecule has 0 spiro atoms. The molecule has 5 heteroatoms. The first-order valence-corrected chi connectivity index (χ1v) is 9.06. The molecule has 1 atom stereocenters. The molecule has 0 bridgehead atoms. The number of rotatable bonds is 1. The summed E-state index contributed by atoms with van der Waals surface area (Å²) in [5.74, 6) is 0. The van der Waals surface area contributed by atoms with Crippen LogP contribution in [0.25, 0.3) is 11.1 Å². The zero-order valence-electron chi connectivity index (χ0n) is 15.1. The zero-order valence-corrected chi connectivity index (χ0v) is 15.9. The molecule has 1 heterocycles. The molecule has 0 radical (unpaired) electrons. The predicted octanol–water partition coefficient (Wildman–Crippen LogP) is 4.90. The van der Waals surface area contributed by atoms with Crippen molar-refractivity contribution in [1.29, 1.82) is 0 Å². The second-order valence-electron chi connectivity index (χ2n) is 6.66. The van der Waals surface area contributed by atoms with Crippen LogP contribution in [0.15, 0.2) is 9.79 Å². The van der Waals surface area contributed by atoms with Crippen LogP contribution in [-0.4, -0.2) is 9.13 Å². The second-order valence-corrected chi connectivity index (χ2v) is 8.01. The van der Waals surface area contributed by atoms with Gasteiger partial charge in [0.05, 0.1) is 25.5 Å². The van der Waals surface area contributed by atoms with E-state index in [1.54, 1.807) is 13.8 Å². The first kappa shape index (κ1) is 16.8. The largest absolute Gasteiger partial charge is 0.276 e. The van der Waals surface area contributed by atoms with Gasteiger partial charge in [-0.15, -0.1) is 0 Å². The van der Waals surface area contributed by atoms with Gasteiger partial charge < -0.3 is 0 Å². The summed E-state index contributed by atoms with van der Waals surface area (Å²) in [6, 6.07) is 0. The van der Waals surface area contributed by atoms with Gasteiger partial charge >= 0.3 is 0 Å². The van der Waals surface area contributed by atoms with Crippen LogP contribution < -0.4 is 0 Å². The van der Waals surface area contributed by atoms with Crippen LogP contribution in [0.1, 0.15) is 38.9 Å². The molecule has 0 aromatic heterocycles. The van der Waals surface area contributed by atoms with Gasteiger partial charge in [0, 0.05) is 22.3 Å². The molecule has 0 amide bonds. The van der Waals surface area contributed by atoms with E-state index in [1.165, 1.54) is 5.56 Å². The van der Waals surface area contributed by atoms with Crippen LogP contribution in [0, 0.1) is 58.6 Å². The van der Waals surface area contributed by atoms with Gasteiger partial charge in [-0.3, -0.25) is 10.1 Å². The number of hydrogen-bond donors (Lipinski definition) is 0. The van der Waals surface area contributed by atoms with Gasteiger partial charge in [-0.1, -0.05) is 0 Å². The molecule has 2 aromatic rings. The van der Waals surface area contributed by atoms with Crippen LogP contribution in [0.4, 0.5) is 5.69 Å². The lowest BCUT2D eigenvalue weighted by atomic mass is 9.86. The summed E-state index contributed by atoms with van der Waals surface area (Å²) < 4.78 is 13.3. The Morgan fingerprint density at radius 3 is 1.58 bits per heavy atom. The molecule has 3 rings (SSSR count). The van der Waals surface area contributed by atoms with E-state index in [4.69, 9.17) is 0 Å². The van der Waals surface area contributed by atoms with Crippen molar-refractivity contribution in [3.8, 4) is 11.1 Å². The Morgan fingerprint density at radius 2 is 1.08 bits per heavy atom. The number of fused-ring (bicyclic) bond motifs is 3. The lowest BCUT2D eigenvalue weighted by Crippen LogP contribution is -2.02. The molecule has 2 aromatic carbocycles. The Balaban J connectivity index is 2.58. The molecule has 0 saturated heterocycles. The highest BCUT2D eigenvalue weighted by molar-refractivity contribution is 7.86. The van der Waals surface area contributed by atoms with Crippen molar-refractivity contribution in [3.63, 3.8) is 0 Å². The summed E-state index contributed by atoms with van der Waals surface area (Å²) in [6.07, 6.45) is 0. The molecule has 0 saturated carbocycles. The van der Waals surface area contributed by atoms with E-state index in [0.717, 1.165) is 38.3 Å². The van der Waals surface area contributed by atoms with Crippen molar-refractivity contribution in [3.05, 3.63) is 49.1 Å². The van der Waals surface area contributed by atoms with Gasteiger partial charge in [-0.2, -0.15) is 0 Å². The fourth-order valence-corrected chi connectivity index (χ4v) is 5.72. The van der Waals surface area contributed by atoms with Crippen molar-refractivity contribution < 1.29 is 9.13 Å². The summed E-state index contributed by atoms with van der Waals surface area (Å²) in [4.78, 5) is 12.6. The van der Waals surface area contributed by atoms with Crippen molar-refractivity contribution >= 4 is 16.5 Å². The van der Waals surface area contributed by atoms with E-state index in [2.05, 4.69) is 13.8 Å². The van der Waals surface area contributed by atoms with Crippen LogP contribution in [0.5, 0.6) is 0 Å². The van der Waals surface area contributed by atoms with E-state index in [0.29, 0.717) is 16.0 Å². The van der Waals surface area contributed by atoms with E-state index in [1.807, 2.05) is 20.8 Å². The summed E-state index contributed by atoms with van der Waals surface area (Å²) >= 11 is 0. The molecule has 1 unspecified atom stereocenters. The van der Waals surface area contributed by atoms with Gasteiger partial charge in [0.2, 0.25) is 0 Å². The molecule has 1 aliphatic heterocycles. The van der Waals surface area contributed by atoms with Gasteiger partial charge in [-0.05, 0) is 76.3 Å². The lowest BCUT2D eigenvalue weighted by Gasteiger charge is -2.16. The average Bonchev–Trinajstić information content (AvgIpc) is 2.82. The predicted molar refractivity (Wildman–Crippen MR) is 96.4 cm³/mol. The maximum absolute atomic E-state index is 13.3. The highest BCUT2D eigenvalue weighted by Gasteiger charge is 2.37. The summed E-state index contributed by atoms with van der Waals surface area (Å²) in [5, 5.41) is 11.5. The molecule has 0 aliphatic carbocycles. The van der Waals surface area contributed by atoms with Gasteiger partial charge in [0.15, 0.2) is 0 Å². The average molecular weight is 343 g/mol. The Labute approximate surface area is 144 Å². The Hall–Kier alpha value is -2.01. The van der Waals surface area contributed by atoms with Crippen molar-refractivity contribution in [2.75, 3.05) is 0 Å². The quantitative estimate of drug-likeness (QED) is 0.466. The smallest absolute Gasteiger partial charge is 0.258 e. The number of nitro benzene ring substituents is 1. The first-order chi connectivity index (χ1) is 11.1. The van der Waals surface area contributed by atoms with E-state index < -0.39 is 10.8 Å². The molecular weight excluding hydrogens is 322 g/mol. The summed E-state index contributed by atoms with van der Waals surface area (Å²) in [6.45, 7) is 13.6. The molecule has 0 N–H and O–H groups in total. The fraction of sp³-hybridized carbons (Fsp3) is 0.368. The second kappa shape index (κ2) is 5.24. The molecule has 24 heavy (non-hydrogen) atoms. The number of nitrogens with zero attached hydrogens (tertiary/aromatic N) is 1. The van der Waals surface area contributed by atoms with Crippen LogP contribution >= 0.6 is 0 Å². The Bertz CT molecular complexity index is 974. The lowest BCUT2D eigenvalue weighted by molar-refractivity contribution is -0.386. The van der Waals surface area contributed by atoms with E-state index >= 15 is 0 Å². The maximum atomic E-state index is 13.3. The highest BCUT2D eigenvalue weighted by Crippen LogP contribution is 2.51. The van der Waals surface area contributed by atoms with Crippen LogP contribution in [-0.2, 0) is 10.8 Å². The monoisotopic (exact) mass is 343 g/mol. The topological polar surface area (TPSA) is 60.2 Å². The summed E-state index contributed by atoms with van der Waals surface area (Å²) in [5.41, 5.74) is 8.60. The molecule has 126 valence electrons. The summed E-state index contributed by atoms with van der Waals surface area (Å²) in [7, 11) is -1.37. The highest BCUT2D eigenvalue weighted by atomic mass is 32.2. The zero-order chi connectivity index (χ0) is 18.1. The first-order valence-electron chi connectivity index (χ1n) is 7.91. The molecule has 1 aliphatic rings. The molecule has 4 nitrogen and oxygen atoms in total. The minimum absolute atomic E-state index is 0.0937. The number of nitro groups is 1. The van der Waals surface area contributed by atoms with Crippen LogP contribution in [0.2, 0.25) is 0 Å². The third-order valence-corrected chi connectivity index (χ3v) is 7.41. The van der Waals surface area contributed by atoms with E-state index in [9.17, 15) is 14.3 Å². The SMILES string of the molecule is Cc1c(C)c(C)c2c(c1C)-c1c(C)c(C)c([N+](=O)[O-])c(C)c1S2=O. The van der Waals surface area contributed by atoms with Crippen molar-refractivity contribution in [2.45, 2.75) is 58.3 Å². The van der Waals surface area contributed by atoms with Gasteiger partial charge in [0.25, 0.3) is 5.69 Å². The minimum atomic E-state index is -1.37. The fourth-order valence-electron chi connectivity index (χ4n) is 3.83. The number of hydrogen-bond acceptors (Lipinski definition) is 3. The van der Waals surface area contributed by atoms with Crippen LogP contribution in [0.3, 0.4) is 0 Å². The minimum Gasteiger partial charge on any atom is -0.258 e. The van der Waals surface area contributed by atoms with Crippen molar-refractivity contribution in [1.82, 2.24) is 0 Å². The maximum Gasteiger partial charge on any atom is 0.276 e. The molecular formula is C19H21NO3S. The number of benzene rings is 2.